The first-order valence-corrected chi connectivity index (χ1v) is 7.39. The molecule has 4 rings (SSSR count). The standard InChI is InChI=1S/C17H17N3O2/c18-13-11-12(5-6-15(13)20-7-9-21-10-8-20)17-19-14-3-1-2-4-16(14)22-17/h1-6,11H,7-10,18H2. The molecule has 0 saturated carbocycles. The molecule has 0 amide bonds. The molecule has 1 aromatic heterocycles. The fraction of sp³-hybridized carbons (Fsp3) is 0.235. The lowest BCUT2D eigenvalue weighted by atomic mass is 10.1. The minimum Gasteiger partial charge on any atom is -0.436 e. The van der Waals surface area contributed by atoms with Crippen molar-refractivity contribution < 1.29 is 9.15 Å². The number of nitrogens with two attached hydrogens (primary N) is 1. The highest BCUT2D eigenvalue weighted by Crippen LogP contribution is 2.31. The third-order valence-corrected chi connectivity index (χ3v) is 3.92. The van der Waals surface area contributed by atoms with Gasteiger partial charge in [-0.1, -0.05) is 12.1 Å². The van der Waals surface area contributed by atoms with Gasteiger partial charge >= 0.3 is 0 Å². The second kappa shape index (κ2) is 5.35. The Bertz CT molecular complexity index is 774. The summed E-state index contributed by atoms with van der Waals surface area (Å²) in [5, 5.41) is 0. The maximum Gasteiger partial charge on any atom is 0.227 e. The number of benzene rings is 2. The lowest BCUT2D eigenvalue weighted by Crippen LogP contribution is -2.36. The van der Waals surface area contributed by atoms with Crippen molar-refractivity contribution in [1.82, 2.24) is 4.98 Å². The molecule has 0 spiro atoms. The number of hydrogen-bond acceptors (Lipinski definition) is 5. The number of morpholine rings is 1. The van der Waals surface area contributed by atoms with Crippen molar-refractivity contribution in [3.8, 4) is 11.5 Å². The molecular weight excluding hydrogens is 278 g/mol. The number of ether oxygens (including phenoxy) is 1. The Labute approximate surface area is 128 Å². The van der Waals surface area contributed by atoms with Crippen LogP contribution in [0.5, 0.6) is 0 Å². The highest BCUT2D eigenvalue weighted by Gasteiger charge is 2.15. The Morgan fingerprint density at radius 1 is 1.05 bits per heavy atom. The van der Waals surface area contributed by atoms with Crippen LogP contribution in [0.2, 0.25) is 0 Å². The fourth-order valence-electron chi connectivity index (χ4n) is 2.78. The Hall–Kier alpha value is -2.53. The summed E-state index contributed by atoms with van der Waals surface area (Å²) in [5.41, 5.74) is 10.5. The van der Waals surface area contributed by atoms with Gasteiger partial charge in [-0.05, 0) is 30.3 Å². The van der Waals surface area contributed by atoms with Crippen LogP contribution in [0.4, 0.5) is 11.4 Å². The second-order valence-corrected chi connectivity index (χ2v) is 5.36. The van der Waals surface area contributed by atoms with Gasteiger partial charge in [0.15, 0.2) is 5.58 Å². The molecule has 1 aliphatic rings. The third kappa shape index (κ3) is 2.29. The Balaban J connectivity index is 1.69. The minimum atomic E-state index is 0.599. The van der Waals surface area contributed by atoms with Crippen molar-refractivity contribution in [3.05, 3.63) is 42.5 Å². The summed E-state index contributed by atoms with van der Waals surface area (Å²) >= 11 is 0. The van der Waals surface area contributed by atoms with E-state index in [0.717, 1.165) is 54.3 Å². The highest BCUT2D eigenvalue weighted by atomic mass is 16.5. The van der Waals surface area contributed by atoms with Crippen molar-refractivity contribution in [1.29, 1.82) is 0 Å². The summed E-state index contributed by atoms with van der Waals surface area (Å²) in [7, 11) is 0. The normalized spacial score (nSPS) is 15.4. The number of oxazole rings is 1. The van der Waals surface area contributed by atoms with Crippen LogP contribution in [0.3, 0.4) is 0 Å². The monoisotopic (exact) mass is 295 g/mol. The van der Waals surface area contributed by atoms with E-state index in [1.807, 2.05) is 42.5 Å². The van der Waals surface area contributed by atoms with Gasteiger partial charge < -0.3 is 19.8 Å². The molecule has 1 aliphatic heterocycles. The predicted molar refractivity (Wildman–Crippen MR) is 86.9 cm³/mol. The molecule has 0 atom stereocenters. The number of hydrogen-bond donors (Lipinski definition) is 1. The van der Waals surface area contributed by atoms with Gasteiger partial charge in [0.05, 0.1) is 24.6 Å². The van der Waals surface area contributed by atoms with Crippen molar-refractivity contribution in [2.45, 2.75) is 0 Å². The van der Waals surface area contributed by atoms with E-state index in [0.29, 0.717) is 5.89 Å². The summed E-state index contributed by atoms with van der Waals surface area (Å²) in [4.78, 5) is 6.76. The average molecular weight is 295 g/mol. The number of nitrogens with zero attached hydrogens (tertiary/aromatic N) is 2. The molecule has 2 heterocycles. The Kier molecular flexibility index (Phi) is 3.20. The number of nitrogen functional groups attached to an aromatic ring is 1. The molecule has 2 aromatic carbocycles. The van der Waals surface area contributed by atoms with Crippen LogP contribution in [0.1, 0.15) is 0 Å². The quantitative estimate of drug-likeness (QED) is 0.736. The second-order valence-electron chi connectivity index (χ2n) is 5.36. The molecule has 5 nitrogen and oxygen atoms in total. The van der Waals surface area contributed by atoms with E-state index in [1.165, 1.54) is 0 Å². The van der Waals surface area contributed by atoms with Crippen molar-refractivity contribution in [3.63, 3.8) is 0 Å². The molecule has 3 aromatic rings. The first-order chi connectivity index (χ1) is 10.8. The van der Waals surface area contributed by atoms with E-state index >= 15 is 0 Å². The molecule has 112 valence electrons. The number of para-hydroxylation sites is 2. The zero-order valence-electron chi connectivity index (χ0n) is 12.2. The zero-order valence-corrected chi connectivity index (χ0v) is 12.2. The van der Waals surface area contributed by atoms with E-state index in [2.05, 4.69) is 9.88 Å². The number of anilines is 2. The summed E-state index contributed by atoms with van der Waals surface area (Å²) in [6.07, 6.45) is 0. The van der Waals surface area contributed by atoms with Crippen LogP contribution < -0.4 is 10.6 Å². The summed E-state index contributed by atoms with van der Waals surface area (Å²) in [6.45, 7) is 3.22. The number of fused-ring (bicyclic) bond motifs is 1. The number of aromatic nitrogens is 1. The molecule has 0 bridgehead atoms. The molecule has 22 heavy (non-hydrogen) atoms. The maximum atomic E-state index is 6.23. The molecule has 1 fully saturated rings. The van der Waals surface area contributed by atoms with Crippen molar-refractivity contribution in [2.75, 3.05) is 36.9 Å². The maximum absolute atomic E-state index is 6.23. The van der Waals surface area contributed by atoms with Gasteiger partial charge in [-0.25, -0.2) is 4.98 Å². The van der Waals surface area contributed by atoms with Gasteiger partial charge in [-0.15, -0.1) is 0 Å². The van der Waals surface area contributed by atoms with Gasteiger partial charge in [0.1, 0.15) is 5.52 Å². The van der Waals surface area contributed by atoms with Gasteiger partial charge in [0, 0.05) is 18.7 Å². The Morgan fingerprint density at radius 2 is 1.86 bits per heavy atom. The third-order valence-electron chi connectivity index (χ3n) is 3.92. The molecular formula is C17H17N3O2. The van der Waals surface area contributed by atoms with Crippen molar-refractivity contribution in [2.24, 2.45) is 0 Å². The first-order valence-electron chi connectivity index (χ1n) is 7.39. The zero-order chi connectivity index (χ0) is 14.9. The first kappa shape index (κ1) is 13.2. The summed E-state index contributed by atoms with van der Waals surface area (Å²) in [5.74, 6) is 0.599. The van der Waals surface area contributed by atoms with Gasteiger partial charge in [0.2, 0.25) is 5.89 Å². The fourth-order valence-corrected chi connectivity index (χ4v) is 2.78. The van der Waals surface area contributed by atoms with E-state index in [-0.39, 0.29) is 0 Å². The molecule has 0 unspecified atom stereocenters. The largest absolute Gasteiger partial charge is 0.436 e. The van der Waals surface area contributed by atoms with Crippen LogP contribution in [0.25, 0.3) is 22.6 Å². The molecule has 0 aliphatic carbocycles. The lowest BCUT2D eigenvalue weighted by molar-refractivity contribution is 0.123. The highest BCUT2D eigenvalue weighted by molar-refractivity contribution is 5.79. The van der Waals surface area contributed by atoms with Gasteiger partial charge in [-0.2, -0.15) is 0 Å². The van der Waals surface area contributed by atoms with E-state index in [9.17, 15) is 0 Å². The molecule has 5 heteroatoms. The lowest BCUT2D eigenvalue weighted by Gasteiger charge is -2.29. The summed E-state index contributed by atoms with van der Waals surface area (Å²) < 4.78 is 11.2. The van der Waals surface area contributed by atoms with E-state index < -0.39 is 0 Å². The van der Waals surface area contributed by atoms with Crippen LogP contribution in [-0.2, 0) is 4.74 Å². The van der Waals surface area contributed by atoms with Crippen LogP contribution in [0.15, 0.2) is 46.9 Å². The molecule has 2 N–H and O–H groups in total. The topological polar surface area (TPSA) is 64.5 Å². The van der Waals surface area contributed by atoms with E-state index in [4.69, 9.17) is 14.9 Å². The predicted octanol–water partition coefficient (Wildman–Crippen LogP) is 2.91. The minimum absolute atomic E-state index is 0.599. The van der Waals surface area contributed by atoms with E-state index in [1.54, 1.807) is 0 Å². The molecule has 0 radical (unpaired) electrons. The van der Waals surface area contributed by atoms with Crippen LogP contribution in [0, 0.1) is 0 Å². The van der Waals surface area contributed by atoms with Crippen molar-refractivity contribution >= 4 is 22.5 Å². The smallest absolute Gasteiger partial charge is 0.227 e. The van der Waals surface area contributed by atoms with Crippen LogP contribution in [-0.4, -0.2) is 31.3 Å². The average Bonchev–Trinajstić information content (AvgIpc) is 2.99. The van der Waals surface area contributed by atoms with Gasteiger partial charge in [0.25, 0.3) is 0 Å². The Morgan fingerprint density at radius 3 is 2.64 bits per heavy atom. The molecule has 1 saturated heterocycles. The van der Waals surface area contributed by atoms with Crippen LogP contribution >= 0.6 is 0 Å². The summed E-state index contributed by atoms with van der Waals surface area (Å²) in [6, 6.07) is 13.7. The number of rotatable bonds is 2. The van der Waals surface area contributed by atoms with Gasteiger partial charge in [-0.3, -0.25) is 0 Å². The SMILES string of the molecule is Nc1cc(-c2nc3ccccc3o2)ccc1N1CCOCC1.